The lowest BCUT2D eigenvalue weighted by Crippen LogP contribution is -2.17. The van der Waals surface area contributed by atoms with Crippen molar-refractivity contribution in [1.29, 1.82) is 0 Å². The fraction of sp³-hybridized carbons (Fsp3) is 0.0455. The number of hydrogen-bond acceptors (Lipinski definition) is 3. The maximum atomic E-state index is 12.9. The number of nitrogens with one attached hydrogen (secondary N) is 2. The molecule has 0 bridgehead atoms. The van der Waals surface area contributed by atoms with Crippen LogP contribution in [0, 0.1) is 12.7 Å². The highest BCUT2D eigenvalue weighted by molar-refractivity contribution is 5.95. The molecule has 1 aromatic heterocycles. The lowest BCUT2D eigenvalue weighted by atomic mass is 10.1. The lowest BCUT2D eigenvalue weighted by molar-refractivity contribution is 0.0955. The molecule has 0 aliphatic rings. The van der Waals surface area contributed by atoms with Gasteiger partial charge in [0.1, 0.15) is 11.6 Å². The topological polar surface area (TPSA) is 70.1 Å². The first-order chi connectivity index (χ1) is 13.6. The van der Waals surface area contributed by atoms with Gasteiger partial charge in [0, 0.05) is 11.1 Å². The molecule has 0 aliphatic carbocycles. The van der Waals surface area contributed by atoms with Gasteiger partial charge in [-0.05, 0) is 48.4 Å². The Hall–Kier alpha value is -3.80. The van der Waals surface area contributed by atoms with Crippen LogP contribution < -0.4 is 5.43 Å². The first-order valence-corrected chi connectivity index (χ1v) is 8.75. The zero-order valence-electron chi connectivity index (χ0n) is 15.1. The van der Waals surface area contributed by atoms with Gasteiger partial charge in [-0.15, -0.1) is 0 Å². The first kappa shape index (κ1) is 17.6. The van der Waals surface area contributed by atoms with E-state index in [-0.39, 0.29) is 11.7 Å². The molecule has 4 rings (SSSR count). The van der Waals surface area contributed by atoms with Gasteiger partial charge in [-0.1, -0.05) is 36.4 Å². The molecule has 0 atom stereocenters. The first-order valence-electron chi connectivity index (χ1n) is 8.75. The van der Waals surface area contributed by atoms with Crippen molar-refractivity contribution in [3.8, 4) is 11.4 Å². The summed E-state index contributed by atoms with van der Waals surface area (Å²) in [6, 6.07) is 18.9. The number of para-hydroxylation sites is 1. The molecule has 28 heavy (non-hydrogen) atoms. The van der Waals surface area contributed by atoms with Crippen molar-refractivity contribution in [2.45, 2.75) is 6.92 Å². The molecule has 1 amide bonds. The average Bonchev–Trinajstić information content (AvgIpc) is 3.15. The number of benzene rings is 3. The van der Waals surface area contributed by atoms with Crippen molar-refractivity contribution in [1.82, 2.24) is 15.4 Å². The second kappa shape index (κ2) is 7.44. The molecule has 0 fully saturated rings. The number of aromatic nitrogens is 2. The van der Waals surface area contributed by atoms with Crippen LogP contribution in [0.5, 0.6) is 0 Å². The van der Waals surface area contributed by atoms with Gasteiger partial charge in [-0.2, -0.15) is 5.10 Å². The fourth-order valence-corrected chi connectivity index (χ4v) is 2.87. The van der Waals surface area contributed by atoms with Gasteiger partial charge in [-0.25, -0.2) is 14.8 Å². The number of carbonyl (C=O) groups is 1. The van der Waals surface area contributed by atoms with Crippen LogP contribution in [0.2, 0.25) is 0 Å². The second-order valence-electron chi connectivity index (χ2n) is 6.38. The van der Waals surface area contributed by atoms with E-state index in [4.69, 9.17) is 0 Å². The smallest absolute Gasteiger partial charge is 0.271 e. The summed E-state index contributed by atoms with van der Waals surface area (Å²) in [4.78, 5) is 20.2. The molecule has 0 unspecified atom stereocenters. The van der Waals surface area contributed by atoms with Gasteiger partial charge < -0.3 is 4.98 Å². The van der Waals surface area contributed by atoms with Crippen LogP contribution in [-0.2, 0) is 0 Å². The SMILES string of the molecule is Cc1cccc2[nH]c(-c3ccc(C(=O)N/N=C/c4ccc(F)cc4)cc3)nc12. The van der Waals surface area contributed by atoms with Crippen LogP contribution >= 0.6 is 0 Å². The van der Waals surface area contributed by atoms with Crippen molar-refractivity contribution >= 4 is 23.2 Å². The average molecular weight is 372 g/mol. The van der Waals surface area contributed by atoms with Gasteiger partial charge >= 0.3 is 0 Å². The number of fused-ring (bicyclic) bond motifs is 1. The molecular formula is C22H17FN4O. The summed E-state index contributed by atoms with van der Waals surface area (Å²) >= 11 is 0. The molecule has 5 nitrogen and oxygen atoms in total. The highest BCUT2D eigenvalue weighted by atomic mass is 19.1. The van der Waals surface area contributed by atoms with Crippen molar-refractivity contribution in [3.05, 3.63) is 89.2 Å². The van der Waals surface area contributed by atoms with E-state index in [2.05, 4.69) is 20.5 Å². The minimum Gasteiger partial charge on any atom is -0.338 e. The molecule has 0 saturated carbocycles. The summed E-state index contributed by atoms with van der Waals surface area (Å²) in [6.45, 7) is 2.02. The Morgan fingerprint density at radius 1 is 1.07 bits per heavy atom. The Bertz CT molecular complexity index is 1160. The third-order valence-electron chi connectivity index (χ3n) is 4.38. The highest BCUT2D eigenvalue weighted by Gasteiger charge is 2.09. The van der Waals surface area contributed by atoms with E-state index in [1.54, 1.807) is 24.3 Å². The van der Waals surface area contributed by atoms with Crippen molar-refractivity contribution in [2.75, 3.05) is 0 Å². The molecular weight excluding hydrogens is 355 g/mol. The highest BCUT2D eigenvalue weighted by Crippen LogP contribution is 2.22. The molecule has 6 heteroatoms. The van der Waals surface area contributed by atoms with E-state index < -0.39 is 0 Å². The van der Waals surface area contributed by atoms with Crippen molar-refractivity contribution in [3.63, 3.8) is 0 Å². The van der Waals surface area contributed by atoms with E-state index >= 15 is 0 Å². The Balaban J connectivity index is 1.46. The van der Waals surface area contributed by atoms with E-state index in [0.717, 1.165) is 28.0 Å². The molecule has 1 heterocycles. The maximum Gasteiger partial charge on any atom is 0.271 e. The van der Waals surface area contributed by atoms with Crippen LogP contribution in [0.1, 0.15) is 21.5 Å². The van der Waals surface area contributed by atoms with Gasteiger partial charge in [-0.3, -0.25) is 4.79 Å². The van der Waals surface area contributed by atoms with Crippen molar-refractivity contribution in [2.24, 2.45) is 5.10 Å². The lowest BCUT2D eigenvalue weighted by Gasteiger charge is -2.01. The number of H-pyrrole nitrogens is 1. The molecule has 138 valence electrons. The predicted octanol–water partition coefficient (Wildman–Crippen LogP) is 4.44. The summed E-state index contributed by atoms with van der Waals surface area (Å²) in [5, 5.41) is 3.90. The normalized spacial score (nSPS) is 11.2. The number of aromatic amines is 1. The molecule has 0 saturated heterocycles. The number of rotatable bonds is 4. The van der Waals surface area contributed by atoms with Crippen molar-refractivity contribution < 1.29 is 9.18 Å². The Morgan fingerprint density at radius 2 is 1.82 bits per heavy atom. The molecule has 3 aromatic carbocycles. The number of aryl methyl sites for hydroxylation is 1. The fourth-order valence-electron chi connectivity index (χ4n) is 2.87. The summed E-state index contributed by atoms with van der Waals surface area (Å²) in [7, 11) is 0. The standard InChI is InChI=1S/C22H17FN4O/c1-14-3-2-4-19-20(14)26-21(25-19)16-7-9-17(10-8-16)22(28)27-24-13-15-5-11-18(23)12-6-15/h2-13H,1H3,(H,25,26)(H,27,28)/b24-13+. The van der Waals surface area contributed by atoms with Crippen LogP contribution in [0.4, 0.5) is 4.39 Å². The Labute approximate surface area is 160 Å². The minimum atomic E-state index is -0.328. The number of imidazole rings is 1. The van der Waals surface area contributed by atoms with E-state index in [0.29, 0.717) is 11.1 Å². The predicted molar refractivity (Wildman–Crippen MR) is 108 cm³/mol. The van der Waals surface area contributed by atoms with Gasteiger partial charge in [0.2, 0.25) is 0 Å². The van der Waals surface area contributed by atoms with Crippen LogP contribution in [0.15, 0.2) is 71.8 Å². The van der Waals surface area contributed by atoms with Crippen LogP contribution in [-0.4, -0.2) is 22.1 Å². The molecule has 2 N–H and O–H groups in total. The van der Waals surface area contributed by atoms with E-state index in [1.807, 2.05) is 37.3 Å². The van der Waals surface area contributed by atoms with Gasteiger partial charge in [0.15, 0.2) is 0 Å². The van der Waals surface area contributed by atoms with Gasteiger partial charge in [0.25, 0.3) is 5.91 Å². The summed E-state index contributed by atoms with van der Waals surface area (Å²) < 4.78 is 12.9. The molecule has 4 aromatic rings. The third-order valence-corrected chi connectivity index (χ3v) is 4.38. The van der Waals surface area contributed by atoms with E-state index in [9.17, 15) is 9.18 Å². The number of halogens is 1. The largest absolute Gasteiger partial charge is 0.338 e. The zero-order chi connectivity index (χ0) is 19.5. The quantitative estimate of drug-likeness (QED) is 0.411. The number of amides is 1. The summed E-state index contributed by atoms with van der Waals surface area (Å²) in [5.74, 6) is 0.108. The number of hydrazone groups is 1. The monoisotopic (exact) mass is 372 g/mol. The second-order valence-corrected chi connectivity index (χ2v) is 6.38. The molecule has 0 aliphatic heterocycles. The maximum absolute atomic E-state index is 12.9. The van der Waals surface area contributed by atoms with Crippen LogP contribution in [0.25, 0.3) is 22.4 Å². The summed E-state index contributed by atoms with van der Waals surface area (Å²) in [5.41, 5.74) is 7.55. The number of nitrogens with zero attached hydrogens (tertiary/aromatic N) is 2. The molecule has 0 spiro atoms. The van der Waals surface area contributed by atoms with E-state index in [1.165, 1.54) is 18.3 Å². The number of hydrogen-bond donors (Lipinski definition) is 2. The Morgan fingerprint density at radius 3 is 2.54 bits per heavy atom. The Kier molecular flexibility index (Phi) is 4.68. The third kappa shape index (κ3) is 3.66. The zero-order valence-corrected chi connectivity index (χ0v) is 15.1. The summed E-state index contributed by atoms with van der Waals surface area (Å²) in [6.07, 6.45) is 1.46. The van der Waals surface area contributed by atoms with Gasteiger partial charge in [0.05, 0.1) is 17.2 Å². The number of carbonyl (C=O) groups excluding carboxylic acids is 1. The van der Waals surface area contributed by atoms with Crippen LogP contribution in [0.3, 0.4) is 0 Å². The molecule has 0 radical (unpaired) electrons. The minimum absolute atomic E-state index is 0.319.